The molecule has 0 saturated carbocycles. The van der Waals surface area contributed by atoms with Gasteiger partial charge < -0.3 is 14.6 Å². The molecule has 0 spiro atoms. The molecule has 0 saturated heterocycles. The largest absolute Gasteiger partial charge is 0.546 e. The first-order valence-corrected chi connectivity index (χ1v) is 7.68. The summed E-state index contributed by atoms with van der Waals surface area (Å²) in [5.41, 5.74) is 0. The highest BCUT2D eigenvalue weighted by atomic mass is 35.5. The topological polar surface area (TPSA) is 49.4 Å². The Labute approximate surface area is 131 Å². The number of halogens is 2. The van der Waals surface area contributed by atoms with Gasteiger partial charge in [0, 0.05) is 4.88 Å². The highest BCUT2D eigenvalue weighted by Gasteiger charge is 2.15. The van der Waals surface area contributed by atoms with Crippen LogP contribution >= 0.6 is 34.5 Å². The average molecular weight is 332 g/mol. The van der Waals surface area contributed by atoms with Gasteiger partial charge in [-0.2, -0.15) is 0 Å². The summed E-state index contributed by atoms with van der Waals surface area (Å²) in [6.07, 6.45) is 0.961. The number of fused-ring (bicyclic) bond motifs is 1. The summed E-state index contributed by atoms with van der Waals surface area (Å²) in [6, 6.07) is 3.75. The van der Waals surface area contributed by atoms with E-state index < -0.39 is 12.6 Å². The van der Waals surface area contributed by atoms with Crippen molar-refractivity contribution in [2.75, 3.05) is 6.61 Å². The minimum Gasteiger partial charge on any atom is -0.546 e. The molecule has 0 N–H and O–H groups in total. The summed E-state index contributed by atoms with van der Waals surface area (Å²) in [6.45, 7) is 3.74. The Morgan fingerprint density at radius 3 is 2.65 bits per heavy atom. The molecule has 0 amide bonds. The van der Waals surface area contributed by atoms with Crippen molar-refractivity contribution in [3.05, 3.63) is 27.1 Å². The molecule has 0 aliphatic carbocycles. The Bertz CT molecular complexity index is 649. The maximum absolute atomic E-state index is 10.4. The van der Waals surface area contributed by atoms with E-state index in [9.17, 15) is 9.90 Å². The van der Waals surface area contributed by atoms with E-state index in [1.165, 1.54) is 4.88 Å². The average Bonchev–Trinajstić information content (AvgIpc) is 2.73. The lowest BCUT2D eigenvalue weighted by Crippen LogP contribution is -2.29. The zero-order valence-corrected chi connectivity index (χ0v) is 13.4. The van der Waals surface area contributed by atoms with E-state index in [0.29, 0.717) is 10.9 Å². The zero-order chi connectivity index (χ0) is 14.9. The molecule has 0 aliphatic rings. The summed E-state index contributed by atoms with van der Waals surface area (Å²) in [5.74, 6) is -0.489. The van der Waals surface area contributed by atoms with Gasteiger partial charge in [-0.25, -0.2) is 0 Å². The molecule has 0 aliphatic heterocycles. The molecule has 1 heterocycles. The molecule has 3 nitrogen and oxygen atoms in total. The summed E-state index contributed by atoms with van der Waals surface area (Å²) >= 11 is 13.9. The molecule has 1 aromatic heterocycles. The number of carbonyl (C=O) groups excluding carboxylic acids is 1. The van der Waals surface area contributed by atoms with E-state index in [4.69, 9.17) is 27.9 Å². The van der Waals surface area contributed by atoms with E-state index in [2.05, 4.69) is 13.8 Å². The molecule has 20 heavy (non-hydrogen) atoms. The normalized spacial score (nSPS) is 11.2. The molecule has 2 rings (SSSR count). The van der Waals surface area contributed by atoms with Crippen LogP contribution in [0.2, 0.25) is 10.0 Å². The lowest BCUT2D eigenvalue weighted by Gasteiger charge is -2.10. The fraction of sp³-hybridized carbons (Fsp3) is 0.357. The smallest absolute Gasteiger partial charge is 0.140 e. The fourth-order valence-corrected chi connectivity index (χ4v) is 3.76. The molecule has 108 valence electrons. The van der Waals surface area contributed by atoms with Crippen molar-refractivity contribution in [2.24, 2.45) is 5.92 Å². The van der Waals surface area contributed by atoms with Crippen LogP contribution < -0.4 is 9.84 Å². The molecule has 0 radical (unpaired) electrons. The SMILES string of the molecule is CC(C)Cc1cc2cc(OCC(=O)[O-])c(Cl)c(Cl)c2s1. The zero-order valence-electron chi connectivity index (χ0n) is 11.0. The Morgan fingerprint density at radius 2 is 2.05 bits per heavy atom. The Kier molecular flexibility index (Phi) is 4.78. The third-order valence-electron chi connectivity index (χ3n) is 2.66. The molecule has 6 heteroatoms. The van der Waals surface area contributed by atoms with Crippen LogP contribution in [-0.2, 0) is 11.2 Å². The first-order chi connectivity index (χ1) is 9.38. The summed E-state index contributed by atoms with van der Waals surface area (Å²) in [5, 5.41) is 12.0. The van der Waals surface area contributed by atoms with Gasteiger partial charge in [0.25, 0.3) is 0 Å². The van der Waals surface area contributed by atoms with Gasteiger partial charge in [-0.1, -0.05) is 37.0 Å². The van der Waals surface area contributed by atoms with Gasteiger partial charge in [0.2, 0.25) is 0 Å². The van der Waals surface area contributed by atoms with E-state index in [0.717, 1.165) is 16.5 Å². The number of benzene rings is 1. The first-order valence-electron chi connectivity index (χ1n) is 6.11. The number of thiophene rings is 1. The van der Waals surface area contributed by atoms with E-state index in [-0.39, 0.29) is 10.8 Å². The number of aliphatic carboxylic acids is 1. The summed E-state index contributed by atoms with van der Waals surface area (Å²) < 4.78 is 6.00. The second kappa shape index (κ2) is 6.20. The molecule has 0 bridgehead atoms. The number of carboxylic acids is 1. The predicted octanol–water partition coefficient (Wildman–Crippen LogP) is 3.54. The number of ether oxygens (including phenoxy) is 1. The standard InChI is InChI=1S/C14H14Cl2O3S/c1-7(2)3-9-4-8-5-10(19-6-11(17)18)12(15)13(16)14(8)20-9/h4-5,7H,3,6H2,1-2H3,(H,17,18)/p-1. The minimum absolute atomic E-state index is 0.235. The van der Waals surface area contributed by atoms with Crippen LogP contribution in [0.4, 0.5) is 0 Å². The van der Waals surface area contributed by atoms with Crippen molar-refractivity contribution < 1.29 is 14.6 Å². The monoisotopic (exact) mass is 331 g/mol. The van der Waals surface area contributed by atoms with Crippen molar-refractivity contribution in [1.29, 1.82) is 0 Å². The number of carbonyl (C=O) groups is 1. The third-order valence-corrected chi connectivity index (χ3v) is 4.81. The predicted molar refractivity (Wildman–Crippen MR) is 80.9 cm³/mol. The van der Waals surface area contributed by atoms with Gasteiger partial charge in [0.15, 0.2) is 0 Å². The third kappa shape index (κ3) is 3.37. The maximum Gasteiger partial charge on any atom is 0.140 e. The second-order valence-corrected chi connectivity index (χ2v) is 6.79. The lowest BCUT2D eigenvalue weighted by atomic mass is 10.1. The van der Waals surface area contributed by atoms with Crippen LogP contribution in [0.5, 0.6) is 5.75 Å². The van der Waals surface area contributed by atoms with Gasteiger partial charge in [-0.05, 0) is 29.9 Å². The first kappa shape index (κ1) is 15.4. The van der Waals surface area contributed by atoms with E-state index in [1.54, 1.807) is 17.4 Å². The molecule has 0 unspecified atom stereocenters. The van der Waals surface area contributed by atoms with E-state index in [1.807, 2.05) is 6.07 Å². The van der Waals surface area contributed by atoms with Crippen molar-refractivity contribution >= 4 is 50.6 Å². The quantitative estimate of drug-likeness (QED) is 0.841. The molecule has 2 aromatic rings. The summed E-state index contributed by atoms with van der Waals surface area (Å²) in [7, 11) is 0. The minimum atomic E-state index is -1.30. The van der Waals surface area contributed by atoms with Crippen molar-refractivity contribution in [1.82, 2.24) is 0 Å². The van der Waals surface area contributed by atoms with Crippen LogP contribution in [0, 0.1) is 5.92 Å². The van der Waals surface area contributed by atoms with Crippen LogP contribution in [-0.4, -0.2) is 12.6 Å². The van der Waals surface area contributed by atoms with Crippen molar-refractivity contribution in [3.8, 4) is 5.75 Å². The van der Waals surface area contributed by atoms with Gasteiger partial charge in [-0.3, -0.25) is 0 Å². The molecular weight excluding hydrogens is 319 g/mol. The number of hydrogen-bond donors (Lipinski definition) is 0. The number of hydrogen-bond acceptors (Lipinski definition) is 4. The van der Waals surface area contributed by atoms with Crippen LogP contribution in [0.25, 0.3) is 10.1 Å². The molecule has 1 aromatic carbocycles. The van der Waals surface area contributed by atoms with Gasteiger partial charge in [-0.15, -0.1) is 11.3 Å². The Hall–Kier alpha value is -0.970. The van der Waals surface area contributed by atoms with Gasteiger partial charge >= 0.3 is 0 Å². The number of carboxylic acid groups (broad SMARTS) is 1. The Morgan fingerprint density at radius 1 is 1.35 bits per heavy atom. The molecular formula is C14H13Cl2O3S-. The van der Waals surface area contributed by atoms with Crippen molar-refractivity contribution in [3.63, 3.8) is 0 Å². The summed E-state index contributed by atoms with van der Waals surface area (Å²) in [4.78, 5) is 11.7. The second-order valence-electron chi connectivity index (χ2n) is 4.89. The Balaban J connectivity index is 2.41. The van der Waals surface area contributed by atoms with Crippen LogP contribution in [0.15, 0.2) is 12.1 Å². The fourth-order valence-electron chi connectivity index (χ4n) is 1.89. The lowest BCUT2D eigenvalue weighted by molar-refractivity contribution is -0.307. The van der Waals surface area contributed by atoms with Gasteiger partial charge in [0.05, 0.1) is 15.7 Å². The highest BCUT2D eigenvalue weighted by molar-refractivity contribution is 7.19. The molecule has 0 atom stereocenters. The molecule has 0 fully saturated rings. The van der Waals surface area contributed by atoms with Gasteiger partial charge in [0.1, 0.15) is 17.4 Å². The van der Waals surface area contributed by atoms with Crippen LogP contribution in [0.1, 0.15) is 18.7 Å². The number of rotatable bonds is 5. The maximum atomic E-state index is 10.4. The van der Waals surface area contributed by atoms with E-state index >= 15 is 0 Å². The van der Waals surface area contributed by atoms with Crippen LogP contribution in [0.3, 0.4) is 0 Å². The van der Waals surface area contributed by atoms with Crippen molar-refractivity contribution in [2.45, 2.75) is 20.3 Å². The highest BCUT2D eigenvalue weighted by Crippen LogP contribution is 2.42.